The summed E-state index contributed by atoms with van der Waals surface area (Å²) in [5.74, 6) is 2.51. The molecule has 3 heterocycles. The fraction of sp³-hybridized carbons (Fsp3) is 0.588. The average Bonchev–Trinajstić information content (AvgIpc) is 3.13. The fourth-order valence-corrected chi connectivity index (χ4v) is 3.34. The fourth-order valence-electron chi connectivity index (χ4n) is 3.34. The summed E-state index contributed by atoms with van der Waals surface area (Å²) in [5, 5.41) is 8.73. The van der Waals surface area contributed by atoms with Crippen molar-refractivity contribution >= 4 is 5.91 Å². The van der Waals surface area contributed by atoms with Crippen LogP contribution in [0.2, 0.25) is 0 Å². The summed E-state index contributed by atoms with van der Waals surface area (Å²) < 4.78 is 3.99. The zero-order valence-corrected chi connectivity index (χ0v) is 14.9. The van der Waals surface area contributed by atoms with Gasteiger partial charge in [-0.1, -0.05) is 0 Å². The summed E-state index contributed by atoms with van der Waals surface area (Å²) in [6.07, 6.45) is 3.78. The summed E-state index contributed by atoms with van der Waals surface area (Å²) in [6.45, 7) is 2.32. The highest BCUT2D eigenvalue weighted by molar-refractivity contribution is 5.92. The third-order valence-electron chi connectivity index (χ3n) is 4.77. The molecule has 1 amide bonds. The van der Waals surface area contributed by atoms with Crippen molar-refractivity contribution in [3.8, 4) is 0 Å². The van der Waals surface area contributed by atoms with Crippen molar-refractivity contribution in [3.05, 3.63) is 35.7 Å². The summed E-state index contributed by atoms with van der Waals surface area (Å²) >= 11 is 0. The number of aryl methyl sites for hydroxylation is 1. The van der Waals surface area contributed by atoms with E-state index in [0.717, 1.165) is 49.8 Å². The molecule has 3 rings (SSSR count). The lowest BCUT2D eigenvalue weighted by Crippen LogP contribution is -2.39. The molecule has 0 radical (unpaired) electrons. The number of amides is 1. The van der Waals surface area contributed by atoms with Gasteiger partial charge >= 0.3 is 0 Å². The first-order valence-corrected chi connectivity index (χ1v) is 8.41. The van der Waals surface area contributed by atoms with E-state index >= 15 is 0 Å². The molecule has 0 saturated carbocycles. The lowest BCUT2D eigenvalue weighted by Gasteiger charge is -2.31. The Bertz CT molecular complexity index is 708. The summed E-state index contributed by atoms with van der Waals surface area (Å²) in [6, 6.07) is 3.79. The van der Waals surface area contributed by atoms with Crippen LogP contribution in [0.1, 0.15) is 40.9 Å². The number of piperidine rings is 1. The molecule has 7 heteroatoms. The van der Waals surface area contributed by atoms with E-state index in [2.05, 4.69) is 19.7 Å². The predicted molar refractivity (Wildman–Crippen MR) is 91.7 cm³/mol. The number of nitrogens with zero attached hydrogens (tertiary/aromatic N) is 6. The van der Waals surface area contributed by atoms with Gasteiger partial charge in [-0.25, -0.2) is 0 Å². The standard InChI is InChI=1S/C17H26N6O/c1-20(2)12-15-18-19-16(22(15)4)13-7-10-23(11-8-13)17(24)14-6-5-9-21(14)3/h5-6,9,13H,7-8,10-12H2,1-4H3. The van der Waals surface area contributed by atoms with Gasteiger partial charge in [0, 0.05) is 39.3 Å². The molecule has 1 aliphatic heterocycles. The molecular weight excluding hydrogens is 304 g/mol. The van der Waals surface area contributed by atoms with Crippen LogP contribution < -0.4 is 0 Å². The molecule has 0 unspecified atom stereocenters. The maximum absolute atomic E-state index is 12.6. The van der Waals surface area contributed by atoms with Crippen LogP contribution in [0, 0.1) is 0 Å². The van der Waals surface area contributed by atoms with Crippen LogP contribution in [0.15, 0.2) is 18.3 Å². The molecule has 7 nitrogen and oxygen atoms in total. The summed E-state index contributed by atoms with van der Waals surface area (Å²) in [7, 11) is 8.01. The van der Waals surface area contributed by atoms with E-state index in [9.17, 15) is 4.79 Å². The Morgan fingerprint density at radius 2 is 1.96 bits per heavy atom. The normalized spacial score (nSPS) is 16.1. The van der Waals surface area contributed by atoms with Crippen molar-refractivity contribution in [2.45, 2.75) is 25.3 Å². The molecule has 1 aliphatic rings. The molecular formula is C17H26N6O. The van der Waals surface area contributed by atoms with Crippen LogP contribution in [0.5, 0.6) is 0 Å². The van der Waals surface area contributed by atoms with Gasteiger partial charge < -0.3 is 18.9 Å². The van der Waals surface area contributed by atoms with Gasteiger partial charge in [0.25, 0.3) is 5.91 Å². The minimum absolute atomic E-state index is 0.118. The second-order valence-electron chi connectivity index (χ2n) is 6.84. The number of likely N-dealkylation sites (tertiary alicyclic amines) is 1. The molecule has 1 fully saturated rings. The van der Waals surface area contributed by atoms with Crippen LogP contribution in [0.4, 0.5) is 0 Å². The summed E-state index contributed by atoms with van der Waals surface area (Å²) in [5.41, 5.74) is 0.750. The molecule has 24 heavy (non-hydrogen) atoms. The highest BCUT2D eigenvalue weighted by atomic mass is 16.2. The first kappa shape index (κ1) is 16.7. The van der Waals surface area contributed by atoms with Crippen molar-refractivity contribution in [1.29, 1.82) is 0 Å². The molecule has 0 bridgehead atoms. The molecule has 0 aliphatic carbocycles. The van der Waals surface area contributed by atoms with E-state index in [4.69, 9.17) is 0 Å². The zero-order valence-electron chi connectivity index (χ0n) is 14.9. The van der Waals surface area contributed by atoms with Crippen molar-refractivity contribution in [3.63, 3.8) is 0 Å². The smallest absolute Gasteiger partial charge is 0.270 e. The van der Waals surface area contributed by atoms with Gasteiger partial charge in [-0.05, 0) is 39.1 Å². The average molecular weight is 330 g/mol. The highest BCUT2D eigenvalue weighted by Crippen LogP contribution is 2.27. The van der Waals surface area contributed by atoms with Gasteiger partial charge in [-0.15, -0.1) is 10.2 Å². The van der Waals surface area contributed by atoms with E-state index < -0.39 is 0 Å². The third kappa shape index (κ3) is 3.21. The lowest BCUT2D eigenvalue weighted by molar-refractivity contribution is 0.0700. The molecule has 0 N–H and O–H groups in total. The topological polar surface area (TPSA) is 59.2 Å². The van der Waals surface area contributed by atoms with Crippen molar-refractivity contribution in [2.24, 2.45) is 14.1 Å². The monoisotopic (exact) mass is 330 g/mol. The molecule has 0 aromatic carbocycles. The summed E-state index contributed by atoms with van der Waals surface area (Å²) in [4.78, 5) is 16.6. The third-order valence-corrected chi connectivity index (χ3v) is 4.77. The Labute approximate surface area is 142 Å². The number of carbonyl (C=O) groups is 1. The maximum atomic E-state index is 12.6. The van der Waals surface area contributed by atoms with Crippen LogP contribution in [-0.4, -0.2) is 62.2 Å². The van der Waals surface area contributed by atoms with Crippen molar-refractivity contribution < 1.29 is 4.79 Å². The second-order valence-corrected chi connectivity index (χ2v) is 6.84. The van der Waals surface area contributed by atoms with E-state index in [0.29, 0.717) is 5.92 Å². The first-order chi connectivity index (χ1) is 11.5. The minimum atomic E-state index is 0.118. The quantitative estimate of drug-likeness (QED) is 0.846. The van der Waals surface area contributed by atoms with E-state index in [1.165, 1.54) is 0 Å². The van der Waals surface area contributed by atoms with Gasteiger partial charge in [-0.2, -0.15) is 0 Å². The number of rotatable bonds is 4. The molecule has 1 saturated heterocycles. The Hall–Kier alpha value is -2.15. The Kier molecular flexibility index (Phi) is 4.71. The van der Waals surface area contributed by atoms with E-state index in [1.54, 1.807) is 0 Å². The van der Waals surface area contributed by atoms with Gasteiger partial charge in [0.15, 0.2) is 0 Å². The van der Waals surface area contributed by atoms with E-state index in [1.807, 2.05) is 56.0 Å². The first-order valence-electron chi connectivity index (χ1n) is 8.41. The van der Waals surface area contributed by atoms with Gasteiger partial charge in [-0.3, -0.25) is 4.79 Å². The number of hydrogen-bond acceptors (Lipinski definition) is 4. The minimum Gasteiger partial charge on any atom is -0.347 e. The Morgan fingerprint density at radius 1 is 1.25 bits per heavy atom. The number of carbonyl (C=O) groups excluding carboxylic acids is 1. The van der Waals surface area contributed by atoms with Gasteiger partial charge in [0.1, 0.15) is 17.3 Å². The van der Waals surface area contributed by atoms with Crippen molar-refractivity contribution in [2.75, 3.05) is 27.2 Å². The molecule has 0 spiro atoms. The zero-order chi connectivity index (χ0) is 17.3. The van der Waals surface area contributed by atoms with Gasteiger partial charge in [0.05, 0.1) is 6.54 Å². The molecule has 130 valence electrons. The van der Waals surface area contributed by atoms with Crippen LogP contribution in [0.3, 0.4) is 0 Å². The maximum Gasteiger partial charge on any atom is 0.270 e. The predicted octanol–water partition coefficient (Wildman–Crippen LogP) is 1.23. The lowest BCUT2D eigenvalue weighted by atomic mass is 9.95. The molecule has 2 aromatic rings. The van der Waals surface area contributed by atoms with E-state index in [-0.39, 0.29) is 5.91 Å². The molecule has 0 atom stereocenters. The van der Waals surface area contributed by atoms with Crippen LogP contribution >= 0.6 is 0 Å². The number of hydrogen-bond donors (Lipinski definition) is 0. The Balaban J connectivity index is 1.64. The highest BCUT2D eigenvalue weighted by Gasteiger charge is 2.28. The number of aromatic nitrogens is 4. The molecule has 2 aromatic heterocycles. The van der Waals surface area contributed by atoms with Crippen molar-refractivity contribution in [1.82, 2.24) is 29.1 Å². The van der Waals surface area contributed by atoms with Crippen LogP contribution in [0.25, 0.3) is 0 Å². The van der Waals surface area contributed by atoms with Gasteiger partial charge in [0.2, 0.25) is 0 Å². The second kappa shape index (κ2) is 6.76. The van der Waals surface area contributed by atoms with Crippen LogP contribution in [-0.2, 0) is 20.6 Å². The Morgan fingerprint density at radius 3 is 2.54 bits per heavy atom. The largest absolute Gasteiger partial charge is 0.347 e. The SMILES string of the molecule is CN(C)Cc1nnc(C2CCN(C(=O)c3cccn3C)CC2)n1C.